The van der Waals surface area contributed by atoms with Gasteiger partial charge in [-0.1, -0.05) is 22.8 Å². The molecule has 0 aliphatic carbocycles. The molecule has 6 nitrogen and oxygen atoms in total. The summed E-state index contributed by atoms with van der Waals surface area (Å²) >= 11 is 5.85. The summed E-state index contributed by atoms with van der Waals surface area (Å²) in [5.74, 6) is 0. The number of aliphatic hydroxyl groups excluding tert-OH is 2. The predicted molar refractivity (Wildman–Crippen MR) is 60.8 cm³/mol. The topological polar surface area (TPSA) is 115 Å². The molecule has 0 aliphatic heterocycles. The zero-order chi connectivity index (χ0) is 12.1. The molecule has 2 unspecified atom stereocenters. The molecule has 1 rings (SSSR count). The van der Waals surface area contributed by atoms with Crippen LogP contribution < -0.4 is 5.73 Å². The fraction of sp³-hybridized carbons (Fsp3) is 0.333. The van der Waals surface area contributed by atoms with Crippen LogP contribution in [0.2, 0.25) is 5.02 Å². The van der Waals surface area contributed by atoms with Gasteiger partial charge in [0.15, 0.2) is 0 Å². The van der Waals surface area contributed by atoms with Crippen LogP contribution in [0.3, 0.4) is 0 Å². The molecule has 0 aromatic heterocycles. The van der Waals surface area contributed by atoms with Gasteiger partial charge in [0.2, 0.25) is 0 Å². The van der Waals surface area contributed by atoms with Crippen LogP contribution in [0.4, 0.5) is 5.69 Å². The molecule has 0 saturated heterocycles. The highest BCUT2D eigenvalue weighted by atomic mass is 35.5. The zero-order valence-electron chi connectivity index (χ0n) is 8.29. The van der Waals surface area contributed by atoms with Crippen LogP contribution in [0.1, 0.15) is 11.7 Å². The van der Waals surface area contributed by atoms with Crippen molar-refractivity contribution in [2.75, 3.05) is 12.3 Å². The number of anilines is 1. The first-order valence-electron chi connectivity index (χ1n) is 4.48. The molecule has 0 saturated carbocycles. The molecule has 1 aromatic rings. The predicted octanol–water partition coefficient (Wildman–Crippen LogP) is 1.63. The average Bonchev–Trinajstić information content (AvgIpc) is 2.25. The maximum Gasteiger partial charge on any atom is 0.108 e. The van der Waals surface area contributed by atoms with Crippen molar-refractivity contribution in [2.24, 2.45) is 5.11 Å². The third-order valence-corrected chi connectivity index (χ3v) is 2.41. The van der Waals surface area contributed by atoms with E-state index in [1.807, 2.05) is 0 Å². The van der Waals surface area contributed by atoms with Crippen molar-refractivity contribution < 1.29 is 10.2 Å². The van der Waals surface area contributed by atoms with Gasteiger partial charge < -0.3 is 15.9 Å². The number of aliphatic hydroxyl groups is 2. The summed E-state index contributed by atoms with van der Waals surface area (Å²) in [6.07, 6.45) is -2.52. The highest BCUT2D eigenvalue weighted by Gasteiger charge is 2.22. The van der Waals surface area contributed by atoms with Crippen LogP contribution in [-0.4, -0.2) is 22.9 Å². The number of hydrogen-bond donors (Lipinski definition) is 3. The first-order chi connectivity index (χ1) is 7.57. The summed E-state index contributed by atoms with van der Waals surface area (Å²) in [4.78, 5) is 2.49. The number of nitrogens with two attached hydrogens (primary N) is 1. The summed E-state index contributed by atoms with van der Waals surface area (Å²) in [5.41, 5.74) is 14.2. The normalized spacial score (nSPS) is 13.9. The molecule has 0 fully saturated rings. The molecule has 0 spiro atoms. The van der Waals surface area contributed by atoms with E-state index in [-0.39, 0.29) is 22.8 Å². The fourth-order valence-electron chi connectivity index (χ4n) is 1.28. The van der Waals surface area contributed by atoms with Gasteiger partial charge in [0.25, 0.3) is 0 Å². The van der Waals surface area contributed by atoms with Crippen LogP contribution >= 0.6 is 11.6 Å². The number of nitrogens with zero attached hydrogens (tertiary/aromatic N) is 3. The van der Waals surface area contributed by atoms with E-state index in [1.165, 1.54) is 0 Å². The number of hydrogen-bond acceptors (Lipinski definition) is 4. The summed E-state index contributed by atoms with van der Waals surface area (Å²) < 4.78 is 0. The van der Waals surface area contributed by atoms with Crippen LogP contribution in [-0.2, 0) is 0 Å². The number of nitrogen functional groups attached to an aromatic ring is 1. The first-order valence-corrected chi connectivity index (χ1v) is 4.86. The van der Waals surface area contributed by atoms with E-state index in [9.17, 15) is 10.2 Å². The molecule has 4 N–H and O–H groups in total. The molecule has 1 aromatic carbocycles. The Kier molecular flexibility index (Phi) is 4.39. The molecule has 0 heterocycles. The van der Waals surface area contributed by atoms with Crippen molar-refractivity contribution in [2.45, 2.75) is 12.2 Å². The van der Waals surface area contributed by atoms with E-state index in [0.717, 1.165) is 0 Å². The minimum Gasteiger partial charge on any atom is -0.398 e. The molecule has 2 atom stereocenters. The molecule has 0 amide bonds. The van der Waals surface area contributed by atoms with Gasteiger partial charge in [-0.2, -0.15) is 0 Å². The van der Waals surface area contributed by atoms with Crippen LogP contribution in [0, 0.1) is 0 Å². The van der Waals surface area contributed by atoms with E-state index in [2.05, 4.69) is 10.0 Å². The lowest BCUT2D eigenvalue weighted by Crippen LogP contribution is -2.22. The van der Waals surface area contributed by atoms with Gasteiger partial charge in [0, 0.05) is 21.2 Å². The van der Waals surface area contributed by atoms with Gasteiger partial charge in [0.05, 0.1) is 12.6 Å². The monoisotopic (exact) mass is 242 g/mol. The maximum atomic E-state index is 9.78. The quantitative estimate of drug-likeness (QED) is 0.322. The Morgan fingerprint density at radius 2 is 2.19 bits per heavy atom. The van der Waals surface area contributed by atoms with Crippen LogP contribution in [0.15, 0.2) is 23.3 Å². The Bertz CT molecular complexity index is 400. The van der Waals surface area contributed by atoms with Crippen molar-refractivity contribution in [3.8, 4) is 0 Å². The summed E-state index contributed by atoms with van der Waals surface area (Å²) in [7, 11) is 0. The van der Waals surface area contributed by atoms with Gasteiger partial charge in [0.1, 0.15) is 6.10 Å². The van der Waals surface area contributed by atoms with Gasteiger partial charge in [-0.25, -0.2) is 0 Å². The standard InChI is InChI=1S/C9H11ClN4O2/c10-5-2-1-3-6(11)8(5)9(16)7(15)4-13-14-12/h1-3,7,9,15-16H,4,11H2. The van der Waals surface area contributed by atoms with Crippen LogP contribution in [0.5, 0.6) is 0 Å². The molecular weight excluding hydrogens is 232 g/mol. The van der Waals surface area contributed by atoms with Crippen molar-refractivity contribution >= 4 is 17.3 Å². The van der Waals surface area contributed by atoms with E-state index >= 15 is 0 Å². The summed E-state index contributed by atoms with van der Waals surface area (Å²) in [5, 5.41) is 22.7. The second-order valence-corrected chi connectivity index (χ2v) is 3.58. The van der Waals surface area contributed by atoms with E-state index < -0.39 is 12.2 Å². The van der Waals surface area contributed by atoms with Gasteiger partial charge in [-0.15, -0.1) is 0 Å². The largest absolute Gasteiger partial charge is 0.398 e. The van der Waals surface area contributed by atoms with E-state index in [4.69, 9.17) is 22.9 Å². The highest BCUT2D eigenvalue weighted by Crippen LogP contribution is 2.30. The second-order valence-electron chi connectivity index (χ2n) is 3.17. The molecule has 7 heteroatoms. The Hall–Kier alpha value is -1.46. The van der Waals surface area contributed by atoms with Crippen LogP contribution in [0.25, 0.3) is 10.4 Å². The third kappa shape index (κ3) is 2.77. The Morgan fingerprint density at radius 1 is 1.50 bits per heavy atom. The minimum atomic E-state index is -1.28. The number of azide groups is 1. The van der Waals surface area contributed by atoms with E-state index in [0.29, 0.717) is 0 Å². The third-order valence-electron chi connectivity index (χ3n) is 2.08. The maximum absolute atomic E-state index is 9.78. The van der Waals surface area contributed by atoms with Crippen molar-refractivity contribution in [3.63, 3.8) is 0 Å². The minimum absolute atomic E-state index is 0.241. The van der Waals surface area contributed by atoms with Crippen molar-refractivity contribution in [1.82, 2.24) is 0 Å². The lowest BCUT2D eigenvalue weighted by Gasteiger charge is -2.19. The fourth-order valence-corrected chi connectivity index (χ4v) is 1.57. The van der Waals surface area contributed by atoms with Gasteiger partial charge in [-0.3, -0.25) is 0 Å². The SMILES string of the molecule is [N-]=[N+]=NCC(O)C(O)c1c(N)cccc1Cl. The van der Waals surface area contributed by atoms with Crippen molar-refractivity contribution in [1.29, 1.82) is 0 Å². The summed E-state index contributed by atoms with van der Waals surface area (Å²) in [6.45, 7) is -0.248. The molecule has 0 bridgehead atoms. The highest BCUT2D eigenvalue weighted by molar-refractivity contribution is 6.31. The van der Waals surface area contributed by atoms with Gasteiger partial charge in [-0.05, 0) is 17.7 Å². The Morgan fingerprint density at radius 3 is 2.75 bits per heavy atom. The smallest absolute Gasteiger partial charge is 0.108 e. The average molecular weight is 243 g/mol. The molecule has 0 aliphatic rings. The molecule has 0 radical (unpaired) electrons. The molecular formula is C9H11ClN4O2. The van der Waals surface area contributed by atoms with Crippen molar-refractivity contribution in [3.05, 3.63) is 39.2 Å². The molecule has 16 heavy (non-hydrogen) atoms. The van der Waals surface area contributed by atoms with Gasteiger partial charge >= 0.3 is 0 Å². The zero-order valence-corrected chi connectivity index (χ0v) is 9.04. The lowest BCUT2D eigenvalue weighted by atomic mass is 10.0. The first kappa shape index (κ1) is 12.6. The Labute approximate surface area is 96.9 Å². The number of halogens is 1. The molecule has 86 valence electrons. The lowest BCUT2D eigenvalue weighted by molar-refractivity contribution is 0.0249. The van der Waals surface area contributed by atoms with E-state index in [1.54, 1.807) is 18.2 Å². The Balaban J connectivity index is 2.95. The second kappa shape index (κ2) is 5.58. The number of rotatable bonds is 4. The number of benzene rings is 1. The summed E-state index contributed by atoms with van der Waals surface area (Å²) in [6, 6.07) is 4.75.